The molecule has 0 amide bonds. The summed E-state index contributed by atoms with van der Waals surface area (Å²) in [5.74, 6) is 1.75. The lowest BCUT2D eigenvalue weighted by atomic mass is 9.90. The second kappa shape index (κ2) is 12.3. The second-order valence-electron chi connectivity index (χ2n) is 10.4. The molecule has 2 aliphatic rings. The highest BCUT2D eigenvalue weighted by Gasteiger charge is 2.36. The third kappa shape index (κ3) is 5.56. The second-order valence-corrected chi connectivity index (χ2v) is 13.0. The molecule has 1 fully saturated rings. The minimum atomic E-state index is -4.03. The number of piperidine rings is 1. The average Bonchev–Trinajstić information content (AvgIpc) is 3.58. The SMILES string of the molecule is COc1ccc(CN(c2ncns2)S(=O)(=O)c2ccc3c(c2)OCCC3N2CCCCC2c2ccccc2)c(OC)c1. The number of sulfonamides is 1. The molecular formula is C31H34N4O5S2. The van der Waals surface area contributed by atoms with Gasteiger partial charge in [-0.2, -0.15) is 4.37 Å². The molecule has 3 aromatic carbocycles. The van der Waals surface area contributed by atoms with Crippen molar-refractivity contribution >= 4 is 26.7 Å². The van der Waals surface area contributed by atoms with Crippen molar-refractivity contribution < 1.29 is 22.6 Å². The Morgan fingerprint density at radius 1 is 1.00 bits per heavy atom. The normalized spacial score (nSPS) is 19.0. The summed E-state index contributed by atoms with van der Waals surface area (Å²) >= 11 is 1.02. The van der Waals surface area contributed by atoms with Crippen LogP contribution in [0.15, 0.2) is 78.0 Å². The fourth-order valence-corrected chi connectivity index (χ4v) is 8.16. The van der Waals surface area contributed by atoms with Gasteiger partial charge in [0.2, 0.25) is 5.13 Å². The van der Waals surface area contributed by atoms with Crippen molar-refractivity contribution in [2.45, 2.75) is 49.2 Å². The number of hydrogen-bond donors (Lipinski definition) is 0. The molecule has 0 N–H and O–H groups in total. The maximum Gasteiger partial charge on any atom is 0.266 e. The number of fused-ring (bicyclic) bond motifs is 1. The molecule has 0 bridgehead atoms. The predicted molar refractivity (Wildman–Crippen MR) is 162 cm³/mol. The first-order valence-electron chi connectivity index (χ1n) is 14.1. The molecule has 11 heteroatoms. The number of anilines is 1. The Morgan fingerprint density at radius 2 is 1.86 bits per heavy atom. The van der Waals surface area contributed by atoms with Crippen molar-refractivity contribution in [3.63, 3.8) is 0 Å². The lowest BCUT2D eigenvalue weighted by molar-refractivity contribution is 0.0668. The topological polar surface area (TPSA) is 94.1 Å². The Labute approximate surface area is 250 Å². The molecule has 2 atom stereocenters. The molecule has 0 radical (unpaired) electrons. The van der Waals surface area contributed by atoms with Crippen LogP contribution in [-0.4, -0.2) is 50.0 Å². The van der Waals surface area contributed by atoms with E-state index in [4.69, 9.17) is 14.2 Å². The molecule has 1 saturated heterocycles. The van der Waals surface area contributed by atoms with Gasteiger partial charge in [0.15, 0.2) is 0 Å². The van der Waals surface area contributed by atoms with Crippen LogP contribution in [0.3, 0.4) is 0 Å². The summed E-state index contributed by atoms with van der Waals surface area (Å²) in [4.78, 5) is 6.97. The van der Waals surface area contributed by atoms with Crippen LogP contribution in [0.25, 0.3) is 0 Å². The van der Waals surface area contributed by atoms with Crippen molar-refractivity contribution in [3.05, 3.63) is 89.7 Å². The van der Waals surface area contributed by atoms with E-state index in [1.54, 1.807) is 44.6 Å². The van der Waals surface area contributed by atoms with Gasteiger partial charge in [0.1, 0.15) is 23.6 Å². The quantitative estimate of drug-likeness (QED) is 0.229. The summed E-state index contributed by atoms with van der Waals surface area (Å²) in [5.41, 5.74) is 3.02. The van der Waals surface area contributed by atoms with Gasteiger partial charge in [-0.15, -0.1) is 0 Å². The largest absolute Gasteiger partial charge is 0.497 e. The van der Waals surface area contributed by atoms with E-state index >= 15 is 0 Å². The van der Waals surface area contributed by atoms with Crippen molar-refractivity contribution in [3.8, 4) is 17.2 Å². The molecule has 220 valence electrons. The summed E-state index contributed by atoms with van der Waals surface area (Å²) in [6.07, 6.45) is 5.67. The Morgan fingerprint density at radius 3 is 2.62 bits per heavy atom. The Hall–Kier alpha value is -3.67. The first-order chi connectivity index (χ1) is 20.5. The van der Waals surface area contributed by atoms with E-state index in [1.165, 1.54) is 22.6 Å². The highest BCUT2D eigenvalue weighted by atomic mass is 32.2. The number of hydrogen-bond acceptors (Lipinski definition) is 9. The van der Waals surface area contributed by atoms with E-state index in [2.05, 4.69) is 44.6 Å². The molecule has 0 spiro atoms. The van der Waals surface area contributed by atoms with Crippen LogP contribution in [0.1, 0.15) is 54.5 Å². The maximum atomic E-state index is 14.2. The average molecular weight is 607 g/mol. The van der Waals surface area contributed by atoms with Gasteiger partial charge in [0.05, 0.1) is 32.3 Å². The van der Waals surface area contributed by atoms with Gasteiger partial charge in [-0.25, -0.2) is 17.7 Å². The fourth-order valence-electron chi connectivity index (χ4n) is 6.01. The minimum absolute atomic E-state index is 0.0117. The van der Waals surface area contributed by atoms with Crippen LogP contribution in [0.2, 0.25) is 0 Å². The first-order valence-corrected chi connectivity index (χ1v) is 16.3. The van der Waals surface area contributed by atoms with Crippen molar-refractivity contribution in [2.24, 2.45) is 0 Å². The molecule has 2 unspecified atom stereocenters. The van der Waals surface area contributed by atoms with Crippen LogP contribution >= 0.6 is 11.5 Å². The Balaban J connectivity index is 1.33. The third-order valence-electron chi connectivity index (χ3n) is 8.08. The van der Waals surface area contributed by atoms with Crippen molar-refractivity contribution in [1.29, 1.82) is 0 Å². The maximum absolute atomic E-state index is 14.2. The van der Waals surface area contributed by atoms with E-state index in [-0.39, 0.29) is 22.6 Å². The molecule has 9 nitrogen and oxygen atoms in total. The molecule has 42 heavy (non-hydrogen) atoms. The van der Waals surface area contributed by atoms with E-state index in [0.717, 1.165) is 42.9 Å². The molecule has 1 aromatic heterocycles. The van der Waals surface area contributed by atoms with Crippen LogP contribution in [0.5, 0.6) is 17.2 Å². The summed E-state index contributed by atoms with van der Waals surface area (Å²) in [5, 5.41) is 0.267. The molecule has 0 saturated carbocycles. The molecule has 4 aromatic rings. The molecule has 0 aliphatic carbocycles. The van der Waals surface area contributed by atoms with Gasteiger partial charge in [-0.1, -0.05) is 42.8 Å². The van der Waals surface area contributed by atoms with Gasteiger partial charge in [0, 0.05) is 53.3 Å². The lowest BCUT2D eigenvalue weighted by Crippen LogP contribution is -2.39. The van der Waals surface area contributed by atoms with E-state index in [1.807, 2.05) is 6.07 Å². The summed E-state index contributed by atoms with van der Waals surface area (Å²) in [7, 11) is -0.914. The standard InChI is InChI=1S/C31H34N4O5S2/c1-38-24-12-11-23(29(18-24)39-2)20-35(31-32-21-33-41-31)42(36,37)25-13-14-26-28(15-17-40-30(26)19-25)34-16-7-6-10-27(34)22-8-4-3-5-9-22/h3-5,8-9,11-14,18-19,21,27-28H,6-7,10,15-17,20H2,1-2H3. The number of likely N-dealkylation sites (tertiary alicyclic amines) is 1. The van der Waals surface area contributed by atoms with E-state index in [9.17, 15) is 8.42 Å². The highest BCUT2D eigenvalue weighted by Crippen LogP contribution is 2.44. The van der Waals surface area contributed by atoms with Gasteiger partial charge < -0.3 is 14.2 Å². The Bertz CT molecular complexity index is 1620. The van der Waals surface area contributed by atoms with Gasteiger partial charge in [-0.05, 0) is 43.1 Å². The van der Waals surface area contributed by atoms with Crippen LogP contribution in [0, 0.1) is 0 Å². The van der Waals surface area contributed by atoms with Gasteiger partial charge in [-0.3, -0.25) is 4.90 Å². The van der Waals surface area contributed by atoms with Gasteiger partial charge >= 0.3 is 0 Å². The van der Waals surface area contributed by atoms with Crippen LogP contribution in [-0.2, 0) is 16.6 Å². The smallest absolute Gasteiger partial charge is 0.266 e. The Kier molecular flexibility index (Phi) is 8.32. The zero-order valence-electron chi connectivity index (χ0n) is 23.7. The number of benzene rings is 3. The van der Waals surface area contributed by atoms with Gasteiger partial charge in [0.25, 0.3) is 10.0 Å². The monoisotopic (exact) mass is 606 g/mol. The van der Waals surface area contributed by atoms with Crippen LogP contribution < -0.4 is 18.5 Å². The zero-order chi connectivity index (χ0) is 29.1. The number of ether oxygens (including phenoxy) is 3. The fraction of sp³-hybridized carbons (Fsp3) is 0.355. The molecule has 2 aliphatic heterocycles. The molecule has 6 rings (SSSR count). The predicted octanol–water partition coefficient (Wildman–Crippen LogP) is 6.00. The number of nitrogens with zero attached hydrogens (tertiary/aromatic N) is 4. The zero-order valence-corrected chi connectivity index (χ0v) is 25.3. The van der Waals surface area contributed by atoms with Crippen LogP contribution in [0.4, 0.5) is 5.13 Å². The summed E-state index contributed by atoms with van der Waals surface area (Å²) < 4.78 is 50.7. The molecule has 3 heterocycles. The molecular weight excluding hydrogens is 572 g/mol. The van der Waals surface area contributed by atoms with Crippen molar-refractivity contribution in [1.82, 2.24) is 14.3 Å². The summed E-state index contributed by atoms with van der Waals surface area (Å²) in [6, 6.07) is 21.7. The highest BCUT2D eigenvalue weighted by molar-refractivity contribution is 7.93. The number of rotatable bonds is 9. The third-order valence-corrected chi connectivity index (χ3v) is 10.6. The van der Waals surface area contributed by atoms with Crippen molar-refractivity contribution in [2.75, 3.05) is 31.7 Å². The minimum Gasteiger partial charge on any atom is -0.497 e. The van der Waals surface area contributed by atoms with E-state index in [0.29, 0.717) is 35.5 Å². The lowest BCUT2D eigenvalue weighted by Gasteiger charge is -2.43. The number of methoxy groups -OCH3 is 2. The first kappa shape index (κ1) is 28.4. The number of aromatic nitrogens is 2. The summed E-state index contributed by atoms with van der Waals surface area (Å²) in [6.45, 7) is 1.54. The van der Waals surface area contributed by atoms with E-state index < -0.39 is 10.0 Å².